The van der Waals surface area contributed by atoms with E-state index in [2.05, 4.69) is 5.32 Å². The van der Waals surface area contributed by atoms with Gasteiger partial charge in [-0.2, -0.15) is 0 Å². The first kappa shape index (κ1) is 21.5. The summed E-state index contributed by atoms with van der Waals surface area (Å²) >= 11 is 0. The Morgan fingerprint density at radius 2 is 1.89 bits per heavy atom. The van der Waals surface area contributed by atoms with Gasteiger partial charge >= 0.3 is 5.97 Å². The molecule has 0 radical (unpaired) electrons. The van der Waals surface area contributed by atoms with Crippen LogP contribution < -0.4 is 14.8 Å². The molecule has 2 atom stereocenters. The highest BCUT2D eigenvalue weighted by Crippen LogP contribution is 2.28. The van der Waals surface area contributed by atoms with E-state index in [4.69, 9.17) is 14.6 Å². The van der Waals surface area contributed by atoms with Crippen LogP contribution in [0, 0.1) is 0 Å². The van der Waals surface area contributed by atoms with Gasteiger partial charge in [0.25, 0.3) is 5.91 Å². The first-order chi connectivity index (χ1) is 13.3. The predicted molar refractivity (Wildman–Crippen MR) is 99.1 cm³/mol. The van der Waals surface area contributed by atoms with Crippen molar-refractivity contribution in [3.05, 3.63) is 24.3 Å². The van der Waals surface area contributed by atoms with Crippen molar-refractivity contribution in [2.24, 2.45) is 0 Å². The lowest BCUT2D eigenvalue weighted by molar-refractivity contribution is -0.145. The van der Waals surface area contributed by atoms with E-state index in [1.54, 1.807) is 29.2 Å². The second-order valence-corrected chi connectivity index (χ2v) is 6.63. The van der Waals surface area contributed by atoms with Gasteiger partial charge in [0.2, 0.25) is 5.91 Å². The van der Waals surface area contributed by atoms with E-state index < -0.39 is 24.0 Å². The topological polar surface area (TPSA) is 125 Å². The normalized spacial score (nSPS) is 15.2. The molecule has 2 unspecified atom stereocenters. The fraction of sp³-hybridized carbons (Fsp3) is 0.526. The lowest BCUT2D eigenvalue weighted by atomic mass is 10.2. The number of carbonyl (C=O) groups is 3. The van der Waals surface area contributed by atoms with Crippen LogP contribution in [-0.4, -0.2) is 71.3 Å². The number of hydrogen-bond acceptors (Lipinski definition) is 6. The lowest BCUT2D eigenvalue weighted by Gasteiger charge is -2.23. The average Bonchev–Trinajstić information content (AvgIpc) is 3.49. The smallest absolute Gasteiger partial charge is 0.328 e. The Hall–Kier alpha value is -2.81. The molecule has 0 aromatic heterocycles. The van der Waals surface area contributed by atoms with Crippen molar-refractivity contribution >= 4 is 17.8 Å². The second kappa shape index (κ2) is 9.93. The summed E-state index contributed by atoms with van der Waals surface area (Å²) < 4.78 is 10.7. The van der Waals surface area contributed by atoms with E-state index in [0.717, 1.165) is 12.8 Å². The molecule has 1 aliphatic rings. The number of carbonyl (C=O) groups excluding carboxylic acids is 2. The molecule has 9 heteroatoms. The highest BCUT2D eigenvalue weighted by atomic mass is 16.5. The van der Waals surface area contributed by atoms with Gasteiger partial charge in [-0.25, -0.2) is 4.79 Å². The maximum Gasteiger partial charge on any atom is 0.328 e. The molecule has 1 aliphatic carbocycles. The minimum atomic E-state index is -1.38. The molecule has 0 heterocycles. The fourth-order valence-electron chi connectivity index (χ4n) is 2.71. The first-order valence-corrected chi connectivity index (χ1v) is 9.09. The lowest BCUT2D eigenvalue weighted by Crippen LogP contribution is -2.48. The number of ether oxygens (including phenoxy) is 2. The molecule has 2 rings (SSSR count). The van der Waals surface area contributed by atoms with Gasteiger partial charge < -0.3 is 29.9 Å². The van der Waals surface area contributed by atoms with Crippen LogP contribution >= 0.6 is 0 Å². The van der Waals surface area contributed by atoms with Crippen LogP contribution in [0.2, 0.25) is 0 Å². The van der Waals surface area contributed by atoms with E-state index in [-0.39, 0.29) is 31.5 Å². The number of rotatable bonds is 11. The predicted octanol–water partition coefficient (Wildman–Crippen LogP) is 0.405. The molecule has 3 N–H and O–H groups in total. The third-order valence-corrected chi connectivity index (χ3v) is 4.37. The molecule has 154 valence electrons. The first-order valence-electron chi connectivity index (χ1n) is 9.09. The summed E-state index contributed by atoms with van der Waals surface area (Å²) in [6.07, 6.45) is 0.422. The molecule has 1 aromatic carbocycles. The minimum Gasteiger partial charge on any atom is -0.493 e. The molecule has 0 spiro atoms. The maximum atomic E-state index is 12.5. The Kier molecular flexibility index (Phi) is 7.62. The van der Waals surface area contributed by atoms with Crippen molar-refractivity contribution < 1.29 is 34.1 Å². The number of carboxylic acid groups (broad SMARTS) is 1. The summed E-state index contributed by atoms with van der Waals surface area (Å²) in [6.45, 7) is 1.25. The molecule has 0 saturated heterocycles. The highest BCUT2D eigenvalue weighted by Gasteiger charge is 2.33. The van der Waals surface area contributed by atoms with E-state index in [1.807, 2.05) is 0 Å². The fourth-order valence-corrected chi connectivity index (χ4v) is 2.71. The molecule has 1 saturated carbocycles. The Labute approximate surface area is 163 Å². The number of nitrogens with one attached hydrogen (secondary N) is 1. The van der Waals surface area contributed by atoms with Crippen molar-refractivity contribution in [3.63, 3.8) is 0 Å². The van der Waals surface area contributed by atoms with Gasteiger partial charge in [0.1, 0.15) is 0 Å². The van der Waals surface area contributed by atoms with Crippen molar-refractivity contribution in [1.82, 2.24) is 10.2 Å². The van der Waals surface area contributed by atoms with Gasteiger partial charge in [-0.3, -0.25) is 9.59 Å². The Morgan fingerprint density at radius 3 is 2.43 bits per heavy atom. The van der Waals surface area contributed by atoms with Crippen LogP contribution in [0.25, 0.3) is 0 Å². The molecular weight excluding hydrogens is 368 g/mol. The van der Waals surface area contributed by atoms with Crippen molar-refractivity contribution in [2.75, 3.05) is 20.3 Å². The number of para-hydroxylation sites is 2. The molecule has 1 aromatic rings. The molecular formula is C19H26N2O7. The average molecular weight is 394 g/mol. The highest BCUT2D eigenvalue weighted by molar-refractivity contribution is 5.84. The second-order valence-electron chi connectivity index (χ2n) is 6.63. The van der Waals surface area contributed by atoms with Gasteiger partial charge in [0.15, 0.2) is 24.1 Å². The van der Waals surface area contributed by atoms with Gasteiger partial charge in [-0.15, -0.1) is 0 Å². The number of aliphatic hydroxyl groups is 1. The molecule has 9 nitrogen and oxygen atoms in total. The van der Waals surface area contributed by atoms with Crippen LogP contribution in [0.1, 0.15) is 26.2 Å². The number of aliphatic hydroxyl groups excluding tert-OH is 1. The summed E-state index contributed by atoms with van der Waals surface area (Å²) in [6, 6.07) is 5.67. The SMILES string of the molecule is COc1ccccc1OCC(=O)N(CCC(=O)NC(C(=O)O)C(C)O)C1CC1. The molecule has 28 heavy (non-hydrogen) atoms. The van der Waals surface area contributed by atoms with Crippen molar-refractivity contribution in [1.29, 1.82) is 0 Å². The number of amides is 2. The van der Waals surface area contributed by atoms with Crippen LogP contribution in [0.4, 0.5) is 0 Å². The zero-order chi connectivity index (χ0) is 20.7. The minimum absolute atomic E-state index is 0.0621. The Bertz CT molecular complexity index is 703. The number of aliphatic carboxylic acids is 1. The zero-order valence-electron chi connectivity index (χ0n) is 16.0. The molecule has 1 fully saturated rings. The summed E-state index contributed by atoms with van der Waals surface area (Å²) in [4.78, 5) is 37.2. The zero-order valence-corrected chi connectivity index (χ0v) is 16.0. The number of methoxy groups -OCH3 is 1. The third-order valence-electron chi connectivity index (χ3n) is 4.37. The summed E-state index contributed by atoms with van der Waals surface area (Å²) in [5, 5.41) is 20.7. The quantitative estimate of drug-likeness (QED) is 0.496. The number of carboxylic acids is 1. The molecule has 2 amide bonds. The van der Waals surface area contributed by atoms with Crippen molar-refractivity contribution in [2.45, 2.75) is 44.4 Å². The van der Waals surface area contributed by atoms with Gasteiger partial charge in [-0.1, -0.05) is 12.1 Å². The van der Waals surface area contributed by atoms with E-state index >= 15 is 0 Å². The number of benzene rings is 1. The summed E-state index contributed by atoms with van der Waals surface area (Å²) in [5.74, 6) is -1.15. The standard InChI is InChI=1S/C19H26N2O7/c1-12(22)18(19(25)26)20-16(23)9-10-21(13-7-8-13)17(24)11-28-15-6-4-3-5-14(15)27-2/h3-6,12-13,18,22H,7-11H2,1-2H3,(H,20,23)(H,25,26). The number of hydrogen-bond donors (Lipinski definition) is 3. The Balaban J connectivity index is 1.88. The Morgan fingerprint density at radius 1 is 1.25 bits per heavy atom. The van der Waals surface area contributed by atoms with Crippen molar-refractivity contribution in [3.8, 4) is 11.5 Å². The van der Waals surface area contributed by atoms with E-state index in [0.29, 0.717) is 11.5 Å². The van der Waals surface area contributed by atoms with Gasteiger partial charge in [0, 0.05) is 19.0 Å². The van der Waals surface area contributed by atoms with Crippen LogP contribution in [0.15, 0.2) is 24.3 Å². The van der Waals surface area contributed by atoms with Gasteiger partial charge in [-0.05, 0) is 31.9 Å². The van der Waals surface area contributed by atoms with Crippen LogP contribution in [0.3, 0.4) is 0 Å². The van der Waals surface area contributed by atoms with E-state index in [1.165, 1.54) is 14.0 Å². The van der Waals surface area contributed by atoms with E-state index in [9.17, 15) is 19.5 Å². The summed E-state index contributed by atoms with van der Waals surface area (Å²) in [5.41, 5.74) is 0. The monoisotopic (exact) mass is 394 g/mol. The molecule has 0 aliphatic heterocycles. The van der Waals surface area contributed by atoms with Crippen LogP contribution in [-0.2, 0) is 14.4 Å². The third kappa shape index (κ3) is 6.12. The van der Waals surface area contributed by atoms with Crippen LogP contribution in [0.5, 0.6) is 11.5 Å². The van der Waals surface area contributed by atoms with Gasteiger partial charge in [0.05, 0.1) is 13.2 Å². The maximum absolute atomic E-state index is 12.5. The molecule has 0 bridgehead atoms. The largest absolute Gasteiger partial charge is 0.493 e. The summed E-state index contributed by atoms with van der Waals surface area (Å²) in [7, 11) is 1.51. The number of nitrogens with zero attached hydrogens (tertiary/aromatic N) is 1.